The smallest absolute Gasteiger partial charge is 0.253 e. The van der Waals surface area contributed by atoms with Crippen molar-refractivity contribution in [1.82, 2.24) is 4.90 Å². The lowest BCUT2D eigenvalue weighted by atomic mass is 9.93. The summed E-state index contributed by atoms with van der Waals surface area (Å²) in [5.41, 5.74) is 7.32. The number of nitrogens with two attached hydrogens (primary N) is 1. The Bertz CT molecular complexity index is 409. The van der Waals surface area contributed by atoms with E-state index in [4.69, 9.17) is 10.8 Å². The van der Waals surface area contributed by atoms with Gasteiger partial charge in [-0.25, -0.2) is 0 Å². The standard InChI is InChI=1S/C15H22N2O2/c16-11-13-1-3-14(4-2-13)15(19)17-8-5-12(6-9-17)7-10-18/h1-4,12,18H,5-11,16H2. The van der Waals surface area contributed by atoms with E-state index in [2.05, 4.69) is 0 Å². The van der Waals surface area contributed by atoms with Crippen molar-refractivity contribution < 1.29 is 9.90 Å². The van der Waals surface area contributed by atoms with Crippen LogP contribution in [0.1, 0.15) is 35.2 Å². The molecular weight excluding hydrogens is 240 g/mol. The third-order valence-electron chi connectivity index (χ3n) is 3.88. The third kappa shape index (κ3) is 3.55. The number of carbonyl (C=O) groups excluding carboxylic acids is 1. The lowest BCUT2D eigenvalue weighted by Gasteiger charge is -2.31. The van der Waals surface area contributed by atoms with Gasteiger partial charge in [-0.3, -0.25) is 4.79 Å². The Balaban J connectivity index is 1.93. The first kappa shape index (κ1) is 14.0. The fourth-order valence-corrected chi connectivity index (χ4v) is 2.57. The molecule has 0 aliphatic carbocycles. The SMILES string of the molecule is NCc1ccc(C(=O)N2CCC(CCO)CC2)cc1. The molecule has 1 amide bonds. The molecule has 2 rings (SSSR count). The molecule has 1 aromatic carbocycles. The minimum atomic E-state index is 0.103. The number of likely N-dealkylation sites (tertiary alicyclic amines) is 1. The highest BCUT2D eigenvalue weighted by molar-refractivity contribution is 5.94. The molecule has 0 unspecified atom stereocenters. The predicted molar refractivity (Wildman–Crippen MR) is 74.7 cm³/mol. The summed E-state index contributed by atoms with van der Waals surface area (Å²) in [5, 5.41) is 8.93. The molecule has 1 saturated heterocycles. The van der Waals surface area contributed by atoms with Crippen LogP contribution in [0.4, 0.5) is 0 Å². The Labute approximate surface area is 114 Å². The van der Waals surface area contributed by atoms with E-state index in [-0.39, 0.29) is 12.5 Å². The molecule has 4 nitrogen and oxygen atoms in total. The number of hydrogen-bond acceptors (Lipinski definition) is 3. The Morgan fingerprint density at radius 3 is 2.42 bits per heavy atom. The van der Waals surface area contributed by atoms with Crippen LogP contribution in [0.3, 0.4) is 0 Å². The summed E-state index contributed by atoms with van der Waals surface area (Å²) in [6.45, 7) is 2.34. The number of aliphatic hydroxyl groups excluding tert-OH is 1. The van der Waals surface area contributed by atoms with Crippen LogP contribution >= 0.6 is 0 Å². The normalized spacial score (nSPS) is 16.6. The summed E-state index contributed by atoms with van der Waals surface area (Å²) in [6.07, 6.45) is 2.84. The molecule has 0 aromatic heterocycles. The molecule has 3 N–H and O–H groups in total. The van der Waals surface area contributed by atoms with Crippen LogP contribution in [0.25, 0.3) is 0 Å². The summed E-state index contributed by atoms with van der Waals surface area (Å²) in [4.78, 5) is 14.2. The van der Waals surface area contributed by atoms with Gasteiger partial charge >= 0.3 is 0 Å². The molecule has 1 aromatic rings. The van der Waals surface area contributed by atoms with Gasteiger partial charge in [-0.2, -0.15) is 0 Å². The summed E-state index contributed by atoms with van der Waals surface area (Å²) >= 11 is 0. The maximum absolute atomic E-state index is 12.3. The number of piperidine rings is 1. The molecule has 1 aliphatic heterocycles. The lowest BCUT2D eigenvalue weighted by molar-refractivity contribution is 0.0678. The highest BCUT2D eigenvalue weighted by Crippen LogP contribution is 2.21. The maximum Gasteiger partial charge on any atom is 0.253 e. The first-order chi connectivity index (χ1) is 9.24. The van der Waals surface area contributed by atoms with Crippen molar-refractivity contribution in [1.29, 1.82) is 0 Å². The number of carbonyl (C=O) groups is 1. The molecule has 0 radical (unpaired) electrons. The largest absolute Gasteiger partial charge is 0.396 e. The molecule has 1 heterocycles. The van der Waals surface area contributed by atoms with Crippen molar-refractivity contribution in [3.8, 4) is 0 Å². The van der Waals surface area contributed by atoms with Crippen molar-refractivity contribution in [3.05, 3.63) is 35.4 Å². The minimum Gasteiger partial charge on any atom is -0.396 e. The highest BCUT2D eigenvalue weighted by atomic mass is 16.3. The first-order valence-corrected chi connectivity index (χ1v) is 6.93. The van der Waals surface area contributed by atoms with Gasteiger partial charge in [-0.1, -0.05) is 12.1 Å². The van der Waals surface area contributed by atoms with Gasteiger partial charge in [0.25, 0.3) is 5.91 Å². The number of benzene rings is 1. The van der Waals surface area contributed by atoms with Gasteiger partial charge in [0, 0.05) is 31.8 Å². The van der Waals surface area contributed by atoms with E-state index in [9.17, 15) is 4.79 Å². The minimum absolute atomic E-state index is 0.103. The Morgan fingerprint density at radius 1 is 1.26 bits per heavy atom. The molecule has 0 bridgehead atoms. The molecule has 0 atom stereocenters. The van der Waals surface area contributed by atoms with E-state index < -0.39 is 0 Å². The van der Waals surface area contributed by atoms with E-state index in [0.29, 0.717) is 12.5 Å². The maximum atomic E-state index is 12.3. The summed E-state index contributed by atoms with van der Waals surface area (Å²) in [6, 6.07) is 7.52. The second kappa shape index (κ2) is 6.68. The van der Waals surface area contributed by atoms with Crippen LogP contribution in [0.2, 0.25) is 0 Å². The zero-order valence-corrected chi connectivity index (χ0v) is 11.2. The second-order valence-electron chi connectivity index (χ2n) is 5.15. The Hall–Kier alpha value is -1.39. The van der Waals surface area contributed by atoms with E-state index in [1.807, 2.05) is 29.2 Å². The first-order valence-electron chi connectivity index (χ1n) is 6.93. The van der Waals surface area contributed by atoms with Gasteiger partial charge in [0.2, 0.25) is 0 Å². The van der Waals surface area contributed by atoms with Crippen LogP contribution in [0, 0.1) is 5.92 Å². The third-order valence-corrected chi connectivity index (χ3v) is 3.88. The molecular formula is C15H22N2O2. The van der Waals surface area contributed by atoms with Crippen LogP contribution < -0.4 is 5.73 Å². The van der Waals surface area contributed by atoms with Gasteiger partial charge in [-0.05, 0) is 42.9 Å². The van der Waals surface area contributed by atoms with Gasteiger partial charge in [0.15, 0.2) is 0 Å². The molecule has 4 heteroatoms. The average molecular weight is 262 g/mol. The molecule has 1 fully saturated rings. The van der Waals surface area contributed by atoms with Gasteiger partial charge in [0.05, 0.1) is 0 Å². The highest BCUT2D eigenvalue weighted by Gasteiger charge is 2.23. The van der Waals surface area contributed by atoms with Gasteiger partial charge in [-0.15, -0.1) is 0 Å². The van der Waals surface area contributed by atoms with Gasteiger partial charge in [0.1, 0.15) is 0 Å². The topological polar surface area (TPSA) is 66.6 Å². The lowest BCUT2D eigenvalue weighted by Crippen LogP contribution is -2.38. The molecule has 0 saturated carbocycles. The predicted octanol–water partition coefficient (Wildman–Crippen LogP) is 1.38. The van der Waals surface area contributed by atoms with E-state index in [0.717, 1.165) is 43.5 Å². The van der Waals surface area contributed by atoms with Crippen LogP contribution in [-0.2, 0) is 6.54 Å². The van der Waals surface area contributed by atoms with Crippen molar-refractivity contribution >= 4 is 5.91 Å². The Morgan fingerprint density at radius 2 is 1.89 bits per heavy atom. The number of rotatable bonds is 4. The molecule has 19 heavy (non-hydrogen) atoms. The summed E-state index contributed by atoms with van der Waals surface area (Å²) in [7, 11) is 0. The number of nitrogens with zero attached hydrogens (tertiary/aromatic N) is 1. The Kier molecular flexibility index (Phi) is 4.93. The second-order valence-corrected chi connectivity index (χ2v) is 5.15. The number of amides is 1. The monoisotopic (exact) mass is 262 g/mol. The van der Waals surface area contributed by atoms with E-state index in [1.54, 1.807) is 0 Å². The van der Waals surface area contributed by atoms with E-state index in [1.165, 1.54) is 0 Å². The summed E-state index contributed by atoms with van der Waals surface area (Å²) < 4.78 is 0. The van der Waals surface area contributed by atoms with Gasteiger partial charge < -0.3 is 15.7 Å². The zero-order chi connectivity index (χ0) is 13.7. The van der Waals surface area contributed by atoms with Crippen LogP contribution in [0.15, 0.2) is 24.3 Å². The number of hydrogen-bond donors (Lipinski definition) is 2. The summed E-state index contributed by atoms with van der Waals surface area (Å²) in [5.74, 6) is 0.666. The molecule has 1 aliphatic rings. The van der Waals surface area contributed by atoms with Crippen LogP contribution in [-0.4, -0.2) is 35.6 Å². The quantitative estimate of drug-likeness (QED) is 0.861. The van der Waals surface area contributed by atoms with Crippen LogP contribution in [0.5, 0.6) is 0 Å². The zero-order valence-electron chi connectivity index (χ0n) is 11.2. The van der Waals surface area contributed by atoms with Crippen molar-refractivity contribution in [2.24, 2.45) is 11.7 Å². The van der Waals surface area contributed by atoms with Crippen molar-refractivity contribution in [3.63, 3.8) is 0 Å². The average Bonchev–Trinajstić information content (AvgIpc) is 2.48. The fraction of sp³-hybridized carbons (Fsp3) is 0.533. The van der Waals surface area contributed by atoms with E-state index >= 15 is 0 Å². The molecule has 104 valence electrons. The molecule has 0 spiro atoms. The van der Waals surface area contributed by atoms with Crippen molar-refractivity contribution in [2.45, 2.75) is 25.8 Å². The number of aliphatic hydroxyl groups is 1. The fourth-order valence-electron chi connectivity index (χ4n) is 2.57. The van der Waals surface area contributed by atoms with Crippen molar-refractivity contribution in [2.75, 3.05) is 19.7 Å².